The summed E-state index contributed by atoms with van der Waals surface area (Å²) in [5.41, 5.74) is 9.84. The molecule has 0 radical (unpaired) electrons. The normalized spacial score (nSPS) is 13.1. The highest BCUT2D eigenvalue weighted by atomic mass is 14.9. The molecule has 1 aliphatic rings. The molecule has 0 N–H and O–H groups in total. The number of fused-ring (bicyclic) bond motifs is 2. The number of pyridine rings is 1. The van der Waals surface area contributed by atoms with Gasteiger partial charge in [-0.2, -0.15) is 0 Å². The third-order valence-electron chi connectivity index (χ3n) is 8.43. The zero-order chi connectivity index (χ0) is 29.3. The van der Waals surface area contributed by atoms with Crippen molar-refractivity contribution in [2.75, 3.05) is 0 Å². The number of benzene rings is 5. The molecule has 0 aliphatic heterocycles. The summed E-state index contributed by atoms with van der Waals surface area (Å²) in [6.45, 7) is 0. The molecule has 0 saturated carbocycles. The molecule has 44 heavy (non-hydrogen) atoms. The second-order valence-corrected chi connectivity index (χ2v) is 11.2. The Morgan fingerprint density at radius 3 is 2.20 bits per heavy atom. The van der Waals surface area contributed by atoms with Crippen LogP contribution >= 0.6 is 0 Å². The number of rotatable bonds is 5. The van der Waals surface area contributed by atoms with E-state index >= 15 is 0 Å². The Morgan fingerprint density at radius 2 is 1.30 bits per heavy atom. The van der Waals surface area contributed by atoms with Crippen LogP contribution in [-0.4, -0.2) is 15.0 Å². The highest BCUT2D eigenvalue weighted by molar-refractivity contribution is 5.97. The lowest BCUT2D eigenvalue weighted by atomic mass is 9.92. The first kappa shape index (κ1) is 26.0. The summed E-state index contributed by atoms with van der Waals surface area (Å²) < 4.78 is 0. The van der Waals surface area contributed by atoms with Gasteiger partial charge >= 0.3 is 0 Å². The smallest absolute Gasteiger partial charge is 0.160 e. The van der Waals surface area contributed by atoms with Crippen LogP contribution in [0.5, 0.6) is 0 Å². The van der Waals surface area contributed by atoms with Gasteiger partial charge in [0.1, 0.15) is 0 Å². The molecule has 2 heterocycles. The van der Waals surface area contributed by atoms with Gasteiger partial charge in [-0.05, 0) is 92.6 Å². The van der Waals surface area contributed by atoms with Crippen LogP contribution in [0.4, 0.5) is 0 Å². The highest BCUT2D eigenvalue weighted by Gasteiger charge is 2.16. The van der Waals surface area contributed by atoms with E-state index < -0.39 is 0 Å². The minimum atomic E-state index is 0.724. The predicted molar refractivity (Wildman–Crippen MR) is 183 cm³/mol. The van der Waals surface area contributed by atoms with Crippen molar-refractivity contribution in [1.82, 2.24) is 15.0 Å². The number of hydrogen-bond donors (Lipinski definition) is 0. The van der Waals surface area contributed by atoms with Crippen molar-refractivity contribution in [2.24, 2.45) is 0 Å². The van der Waals surface area contributed by atoms with E-state index in [0.717, 1.165) is 52.3 Å². The molecule has 0 unspecified atom stereocenters. The summed E-state index contributed by atoms with van der Waals surface area (Å²) >= 11 is 0. The molecule has 8 rings (SSSR count). The molecule has 0 saturated heterocycles. The topological polar surface area (TPSA) is 38.7 Å². The van der Waals surface area contributed by atoms with Crippen LogP contribution in [0.1, 0.15) is 24.1 Å². The van der Waals surface area contributed by atoms with E-state index in [4.69, 9.17) is 9.97 Å². The zero-order valence-electron chi connectivity index (χ0n) is 24.2. The fourth-order valence-corrected chi connectivity index (χ4v) is 6.18. The fraction of sp³-hybridized carbons (Fsp3) is 0.0488. The minimum Gasteiger partial charge on any atom is -0.264 e. The van der Waals surface area contributed by atoms with Crippen LogP contribution in [0.25, 0.3) is 66.5 Å². The van der Waals surface area contributed by atoms with E-state index in [1.54, 1.807) is 0 Å². The van der Waals surface area contributed by atoms with Crippen LogP contribution in [-0.2, 0) is 0 Å². The molecule has 1 aliphatic carbocycles. The molecule has 208 valence electrons. The Kier molecular flexibility index (Phi) is 6.62. The highest BCUT2D eigenvalue weighted by Crippen LogP contribution is 2.35. The molecule has 0 amide bonds. The molecule has 0 spiro atoms. The van der Waals surface area contributed by atoms with Gasteiger partial charge in [0.15, 0.2) is 5.82 Å². The Bertz CT molecular complexity index is 2220. The van der Waals surface area contributed by atoms with E-state index in [1.807, 2.05) is 18.5 Å². The maximum atomic E-state index is 5.18. The predicted octanol–water partition coefficient (Wildman–Crippen LogP) is 10.4. The SMILES string of the molecule is C1=C(c2cccnc2)CCC=C1c1cc(-c2cccc(-c3cccc4ccccc34)c2)nc(-c2ccc3ccccc3c2)n1. The summed E-state index contributed by atoms with van der Waals surface area (Å²) in [5.74, 6) is 0.724. The quantitative estimate of drug-likeness (QED) is 0.209. The van der Waals surface area contributed by atoms with Crippen LogP contribution in [0.3, 0.4) is 0 Å². The molecule has 0 fully saturated rings. The first-order chi connectivity index (χ1) is 21.8. The lowest BCUT2D eigenvalue weighted by molar-refractivity contribution is 1.05. The van der Waals surface area contributed by atoms with Crippen molar-refractivity contribution in [2.45, 2.75) is 12.8 Å². The molecule has 5 aromatic carbocycles. The molecule has 3 heteroatoms. The van der Waals surface area contributed by atoms with Crippen molar-refractivity contribution < 1.29 is 0 Å². The molecule has 0 atom stereocenters. The van der Waals surface area contributed by atoms with Crippen LogP contribution in [0.15, 0.2) is 152 Å². The van der Waals surface area contributed by atoms with Gasteiger partial charge in [0.2, 0.25) is 0 Å². The van der Waals surface area contributed by atoms with Gasteiger partial charge < -0.3 is 0 Å². The molecular weight excluding hydrogens is 534 g/mol. The first-order valence-electron chi connectivity index (χ1n) is 15.1. The lowest BCUT2D eigenvalue weighted by Gasteiger charge is -2.16. The summed E-state index contributed by atoms with van der Waals surface area (Å²) in [4.78, 5) is 14.7. The van der Waals surface area contributed by atoms with Gasteiger partial charge in [-0.3, -0.25) is 4.98 Å². The fourth-order valence-electron chi connectivity index (χ4n) is 6.18. The molecule has 3 nitrogen and oxygen atoms in total. The second-order valence-electron chi connectivity index (χ2n) is 11.2. The number of allylic oxidation sites excluding steroid dienone is 4. The van der Waals surface area contributed by atoms with Crippen molar-refractivity contribution in [3.8, 4) is 33.8 Å². The van der Waals surface area contributed by atoms with Crippen molar-refractivity contribution in [3.63, 3.8) is 0 Å². The Labute approximate surface area is 256 Å². The molecule has 0 bridgehead atoms. The average molecular weight is 564 g/mol. The van der Waals surface area contributed by atoms with Gasteiger partial charge in [0.25, 0.3) is 0 Å². The number of nitrogens with zero attached hydrogens (tertiary/aromatic N) is 3. The van der Waals surface area contributed by atoms with E-state index in [0.29, 0.717) is 0 Å². The Morgan fingerprint density at radius 1 is 0.523 bits per heavy atom. The third kappa shape index (κ3) is 4.99. The van der Waals surface area contributed by atoms with E-state index in [2.05, 4.69) is 138 Å². The average Bonchev–Trinajstić information content (AvgIpc) is 3.11. The lowest BCUT2D eigenvalue weighted by Crippen LogP contribution is -2.00. The zero-order valence-corrected chi connectivity index (χ0v) is 24.2. The standard InChI is InChI=1S/C41H29N3/c1-2-11-30-24-35(21-20-28(30)9-1)41-43-39(33-15-5-13-31(23-33)36-17-8-22-42-27-36)26-40(44-41)34-16-6-14-32(25-34)38-19-7-12-29-10-3-4-18-37(29)38/h1-4,6-12,14-27H,5,13H2. The summed E-state index contributed by atoms with van der Waals surface area (Å²) in [7, 11) is 0. The van der Waals surface area contributed by atoms with Crippen molar-refractivity contribution in [1.29, 1.82) is 0 Å². The van der Waals surface area contributed by atoms with E-state index in [-0.39, 0.29) is 0 Å². The van der Waals surface area contributed by atoms with Gasteiger partial charge in [-0.1, -0.05) is 109 Å². The van der Waals surface area contributed by atoms with Crippen LogP contribution in [0.2, 0.25) is 0 Å². The van der Waals surface area contributed by atoms with Crippen LogP contribution < -0.4 is 0 Å². The maximum absolute atomic E-state index is 5.18. The van der Waals surface area contributed by atoms with Gasteiger partial charge in [0, 0.05) is 23.5 Å². The molecular formula is C41H29N3. The van der Waals surface area contributed by atoms with E-state index in [9.17, 15) is 0 Å². The summed E-state index contributed by atoms with van der Waals surface area (Å²) in [6.07, 6.45) is 10.3. The van der Waals surface area contributed by atoms with Gasteiger partial charge in [-0.15, -0.1) is 0 Å². The third-order valence-corrected chi connectivity index (χ3v) is 8.43. The minimum absolute atomic E-state index is 0.724. The van der Waals surface area contributed by atoms with Crippen molar-refractivity contribution in [3.05, 3.63) is 163 Å². The second kappa shape index (κ2) is 11.2. The Hall–Kier alpha value is -5.67. The first-order valence-corrected chi connectivity index (χ1v) is 15.1. The Balaban J connectivity index is 1.28. The summed E-state index contributed by atoms with van der Waals surface area (Å²) in [5, 5.41) is 4.86. The largest absolute Gasteiger partial charge is 0.264 e. The van der Waals surface area contributed by atoms with Crippen LogP contribution in [0, 0.1) is 0 Å². The molecule has 2 aromatic heterocycles. The number of aromatic nitrogens is 3. The number of hydrogen-bond acceptors (Lipinski definition) is 3. The maximum Gasteiger partial charge on any atom is 0.160 e. The van der Waals surface area contributed by atoms with E-state index in [1.165, 1.54) is 38.2 Å². The van der Waals surface area contributed by atoms with Gasteiger partial charge in [0.05, 0.1) is 11.4 Å². The van der Waals surface area contributed by atoms with Gasteiger partial charge in [-0.25, -0.2) is 9.97 Å². The molecule has 7 aromatic rings. The summed E-state index contributed by atoms with van der Waals surface area (Å²) in [6, 6.07) is 44.9. The monoisotopic (exact) mass is 563 g/mol. The van der Waals surface area contributed by atoms with Crippen molar-refractivity contribution >= 4 is 32.7 Å².